The van der Waals surface area contributed by atoms with Gasteiger partial charge < -0.3 is 24.8 Å². The number of carboxylic acid groups (broad SMARTS) is 1. The first kappa shape index (κ1) is 33.8. The van der Waals surface area contributed by atoms with Crippen molar-refractivity contribution in [3.8, 4) is 11.5 Å². The van der Waals surface area contributed by atoms with Crippen molar-refractivity contribution < 1.29 is 29.6 Å². The average molecular weight is 637 g/mol. The molecule has 46 heavy (non-hydrogen) atoms. The van der Waals surface area contributed by atoms with E-state index in [-0.39, 0.29) is 64.0 Å². The number of phenolic OH excluding ortho intramolecular Hbond substituents is 2. The fourth-order valence-electron chi connectivity index (χ4n) is 11.9. The Kier molecular flexibility index (Phi) is 8.48. The van der Waals surface area contributed by atoms with Gasteiger partial charge in [0.1, 0.15) is 6.10 Å². The molecule has 1 aromatic rings. The van der Waals surface area contributed by atoms with E-state index in [9.17, 15) is 20.1 Å². The van der Waals surface area contributed by atoms with Crippen molar-refractivity contribution in [2.45, 2.75) is 156 Å². The van der Waals surface area contributed by atoms with Crippen molar-refractivity contribution in [2.24, 2.45) is 39.9 Å². The smallest absolute Gasteiger partial charge is 0.309 e. The van der Waals surface area contributed by atoms with Gasteiger partial charge in [-0.1, -0.05) is 73.5 Å². The van der Waals surface area contributed by atoms with Crippen molar-refractivity contribution in [1.29, 1.82) is 0 Å². The second-order valence-corrected chi connectivity index (χ2v) is 17.9. The maximum atomic E-state index is 12.5. The van der Waals surface area contributed by atoms with Crippen LogP contribution in [-0.2, 0) is 19.7 Å². The van der Waals surface area contributed by atoms with Crippen molar-refractivity contribution in [2.75, 3.05) is 0 Å². The van der Waals surface area contributed by atoms with E-state index >= 15 is 0 Å². The highest BCUT2D eigenvalue weighted by Gasteiger charge is 2.62. The zero-order valence-electron chi connectivity index (χ0n) is 29.7. The van der Waals surface area contributed by atoms with Crippen LogP contribution in [-0.4, -0.2) is 33.7 Å². The van der Waals surface area contributed by atoms with E-state index in [0.29, 0.717) is 11.8 Å². The van der Waals surface area contributed by atoms with Gasteiger partial charge in [0.25, 0.3) is 0 Å². The van der Waals surface area contributed by atoms with E-state index in [1.165, 1.54) is 5.57 Å². The number of benzene rings is 1. The lowest BCUT2D eigenvalue weighted by atomic mass is 9.46. The first-order valence-corrected chi connectivity index (χ1v) is 18.3. The number of allylic oxidation sites excluding steroid dienone is 1. The monoisotopic (exact) mass is 636 g/mol. The quantitative estimate of drug-likeness (QED) is 0.204. The molecule has 0 bridgehead atoms. The molecule has 6 rings (SSSR count). The molecule has 0 unspecified atom stereocenters. The Bertz CT molecular complexity index is 1380. The summed E-state index contributed by atoms with van der Waals surface area (Å²) in [7, 11) is 0. The third kappa shape index (κ3) is 5.06. The van der Waals surface area contributed by atoms with Gasteiger partial charge in [-0.3, -0.25) is 4.79 Å². The number of aliphatic carboxylic acids is 1. The summed E-state index contributed by atoms with van der Waals surface area (Å²) < 4.78 is 13.8. The van der Waals surface area contributed by atoms with Gasteiger partial charge in [-0.15, -0.1) is 0 Å². The number of aromatic hydroxyl groups is 2. The molecular weight excluding hydrogens is 576 g/mol. The van der Waals surface area contributed by atoms with Gasteiger partial charge in [0.2, 0.25) is 0 Å². The van der Waals surface area contributed by atoms with Crippen LogP contribution in [0, 0.1) is 39.9 Å². The number of carbonyl (C=O) groups is 1. The van der Waals surface area contributed by atoms with Crippen LogP contribution in [0.4, 0.5) is 0 Å². The molecule has 1 aromatic carbocycles. The predicted molar refractivity (Wildman–Crippen MR) is 181 cm³/mol. The molecule has 0 radical (unpaired) electrons. The molecule has 4 fully saturated rings. The first-order chi connectivity index (χ1) is 21.5. The van der Waals surface area contributed by atoms with Crippen LogP contribution in [0.5, 0.6) is 11.5 Å². The number of fused-ring (bicyclic) bond motifs is 7. The van der Waals surface area contributed by atoms with Gasteiger partial charge in [0.05, 0.1) is 11.5 Å². The minimum atomic E-state index is -0.655. The van der Waals surface area contributed by atoms with E-state index < -0.39 is 11.4 Å². The molecule has 0 spiro atoms. The molecule has 0 amide bonds. The number of ether oxygens (including phenoxy) is 2. The van der Waals surface area contributed by atoms with E-state index in [0.717, 1.165) is 87.3 Å². The normalized spacial score (nSPS) is 40.5. The molecule has 6 nitrogen and oxygen atoms in total. The highest BCUT2D eigenvalue weighted by atomic mass is 16.7. The topological polar surface area (TPSA) is 96.2 Å². The zero-order chi connectivity index (χ0) is 33.6. The lowest BCUT2D eigenvalue weighted by molar-refractivity contribution is -0.164. The summed E-state index contributed by atoms with van der Waals surface area (Å²) in [5, 5.41) is 33.0. The summed E-state index contributed by atoms with van der Waals surface area (Å²) >= 11 is 0. The Morgan fingerprint density at radius 2 is 1.70 bits per heavy atom. The highest BCUT2D eigenvalue weighted by Crippen LogP contribution is 2.66. The van der Waals surface area contributed by atoms with Gasteiger partial charge >= 0.3 is 5.97 Å². The fraction of sp³-hybridized carbons (Fsp3) is 0.775. The zero-order valence-corrected chi connectivity index (χ0v) is 29.7. The standard InChI is InChI=1S/C40H60O6/c1-22(2)25-21-26-30(32(42)31(25)41)40(9)19-10-16-37(5,6)35(40)34-33(26)45-29(46-34)20-23(3)12-14-27-24(4)13-15-28-38(27,7)17-11-18-39(28,8)36(43)44/h21-23,27-29,33-35,41-42H,4,10-20H2,1-3,5-9H3,(H,43,44)/t23-,27-,28-,29+,33-,34-,35-,38+,39-,40+/m0/s1. The van der Waals surface area contributed by atoms with Crippen molar-refractivity contribution in [3.05, 3.63) is 34.9 Å². The molecular formula is C40H60O6. The summed E-state index contributed by atoms with van der Waals surface area (Å²) in [4.78, 5) is 12.5. The van der Waals surface area contributed by atoms with Crippen LogP contribution in [0.3, 0.4) is 0 Å². The summed E-state index contributed by atoms with van der Waals surface area (Å²) in [6.45, 7) is 22.2. The molecule has 3 N–H and O–H groups in total. The lowest BCUT2D eigenvalue weighted by Crippen LogP contribution is -2.55. The predicted octanol–water partition coefficient (Wildman–Crippen LogP) is 9.77. The Balaban J connectivity index is 1.23. The number of carboxylic acids is 1. The molecule has 4 aliphatic carbocycles. The van der Waals surface area contributed by atoms with Crippen LogP contribution in [0.15, 0.2) is 18.2 Å². The second-order valence-electron chi connectivity index (χ2n) is 17.9. The number of hydrogen-bond donors (Lipinski definition) is 3. The molecule has 1 saturated heterocycles. The summed E-state index contributed by atoms with van der Waals surface area (Å²) in [6.07, 6.45) is 9.89. The van der Waals surface area contributed by atoms with Crippen LogP contribution >= 0.6 is 0 Å². The van der Waals surface area contributed by atoms with E-state index in [1.807, 2.05) is 20.8 Å². The summed E-state index contributed by atoms with van der Waals surface area (Å²) in [5.74, 6) is 0.508. The SMILES string of the molecule is C=C1CC[C@H]2[C@](C)(CCC[C@]2(C)C(=O)O)[C@H]1CC[C@H](C)C[C@H]1O[C@H]2[C@@H](O1)c1cc(C(C)C)c(O)c(O)c1[C@@]1(C)CCCC(C)(C)[C@H]21. The van der Waals surface area contributed by atoms with Crippen molar-refractivity contribution in [3.63, 3.8) is 0 Å². The second kappa shape index (κ2) is 11.5. The third-order valence-corrected chi connectivity index (χ3v) is 14.2. The Morgan fingerprint density at radius 1 is 1.00 bits per heavy atom. The van der Waals surface area contributed by atoms with Gasteiger partial charge in [0, 0.05) is 28.9 Å². The van der Waals surface area contributed by atoms with Gasteiger partial charge in [-0.2, -0.15) is 0 Å². The Labute approximate surface area is 277 Å². The molecule has 10 atom stereocenters. The molecule has 0 aromatic heterocycles. The molecule has 256 valence electrons. The van der Waals surface area contributed by atoms with E-state index in [4.69, 9.17) is 9.47 Å². The number of phenols is 2. The van der Waals surface area contributed by atoms with Crippen molar-refractivity contribution in [1.82, 2.24) is 0 Å². The summed E-state index contributed by atoms with van der Waals surface area (Å²) in [6, 6.07) is 2.09. The minimum absolute atomic E-state index is 0.00593. The molecule has 1 aliphatic heterocycles. The Hall–Kier alpha value is -2.05. The number of hydrogen-bond acceptors (Lipinski definition) is 5. The van der Waals surface area contributed by atoms with Crippen LogP contribution in [0.2, 0.25) is 0 Å². The molecule has 6 heteroatoms. The van der Waals surface area contributed by atoms with Crippen molar-refractivity contribution >= 4 is 5.97 Å². The average Bonchev–Trinajstić information content (AvgIpc) is 3.35. The summed E-state index contributed by atoms with van der Waals surface area (Å²) in [5.41, 5.74) is 2.91. The lowest BCUT2D eigenvalue weighted by Gasteiger charge is -2.57. The van der Waals surface area contributed by atoms with Crippen LogP contribution in [0.1, 0.15) is 155 Å². The Morgan fingerprint density at radius 3 is 2.37 bits per heavy atom. The first-order valence-electron chi connectivity index (χ1n) is 18.3. The van der Waals surface area contributed by atoms with E-state index in [2.05, 4.69) is 47.3 Å². The number of rotatable bonds is 7. The minimum Gasteiger partial charge on any atom is -0.504 e. The van der Waals surface area contributed by atoms with Gasteiger partial charge in [0.15, 0.2) is 17.8 Å². The molecule has 1 heterocycles. The molecule has 3 saturated carbocycles. The molecule has 5 aliphatic rings. The maximum Gasteiger partial charge on any atom is 0.309 e. The van der Waals surface area contributed by atoms with Gasteiger partial charge in [-0.05, 0) is 104 Å². The largest absolute Gasteiger partial charge is 0.504 e. The van der Waals surface area contributed by atoms with E-state index in [1.54, 1.807) is 0 Å². The van der Waals surface area contributed by atoms with Crippen LogP contribution < -0.4 is 0 Å². The third-order valence-electron chi connectivity index (χ3n) is 14.2. The van der Waals surface area contributed by atoms with Gasteiger partial charge in [-0.25, -0.2) is 0 Å². The highest BCUT2D eigenvalue weighted by molar-refractivity contribution is 5.75. The fourth-order valence-corrected chi connectivity index (χ4v) is 11.9. The van der Waals surface area contributed by atoms with Crippen LogP contribution in [0.25, 0.3) is 0 Å². The maximum absolute atomic E-state index is 12.5.